The Morgan fingerprint density at radius 3 is 2.44 bits per heavy atom. The number of hydrogen-bond acceptors (Lipinski definition) is 3. The van der Waals surface area contributed by atoms with E-state index in [4.69, 9.17) is 23.2 Å². The van der Waals surface area contributed by atoms with Crippen LogP contribution in [0.2, 0.25) is 10.0 Å². The molecule has 1 aliphatic heterocycles. The molecule has 0 spiro atoms. The summed E-state index contributed by atoms with van der Waals surface area (Å²) in [6.07, 6.45) is 1.91. The lowest BCUT2D eigenvalue weighted by Crippen LogP contribution is -2.46. The van der Waals surface area contributed by atoms with Crippen molar-refractivity contribution in [3.05, 3.63) is 63.6 Å². The van der Waals surface area contributed by atoms with E-state index in [1.807, 2.05) is 39.0 Å². The third-order valence-electron chi connectivity index (χ3n) is 5.44. The predicted molar refractivity (Wildman–Crippen MR) is 131 cm³/mol. The van der Waals surface area contributed by atoms with E-state index in [0.29, 0.717) is 10.0 Å². The van der Waals surface area contributed by atoms with E-state index in [9.17, 15) is 9.59 Å². The minimum absolute atomic E-state index is 0.0794. The van der Waals surface area contributed by atoms with Crippen molar-refractivity contribution in [3.8, 4) is 0 Å². The lowest BCUT2D eigenvalue weighted by molar-refractivity contribution is -0.128. The molecular weight excluding hydrogens is 445 g/mol. The molecule has 0 aliphatic carbocycles. The highest BCUT2D eigenvalue weighted by atomic mass is 35.5. The van der Waals surface area contributed by atoms with Crippen molar-refractivity contribution in [2.24, 2.45) is 5.92 Å². The molecule has 1 aliphatic rings. The van der Waals surface area contributed by atoms with Crippen molar-refractivity contribution >= 4 is 40.7 Å². The number of carbonyl (C=O) groups excluding carboxylic acids is 2. The molecule has 1 fully saturated rings. The monoisotopic (exact) mass is 475 g/mol. The highest BCUT2D eigenvalue weighted by Gasteiger charge is 2.27. The average molecular weight is 476 g/mol. The quantitative estimate of drug-likeness (QED) is 0.595. The van der Waals surface area contributed by atoms with Crippen LogP contribution in [0.25, 0.3) is 0 Å². The van der Waals surface area contributed by atoms with Gasteiger partial charge in [0.05, 0.1) is 6.42 Å². The summed E-state index contributed by atoms with van der Waals surface area (Å²) in [6.45, 7) is 8.59. The molecule has 5 nitrogen and oxygen atoms in total. The van der Waals surface area contributed by atoms with E-state index < -0.39 is 0 Å². The summed E-state index contributed by atoms with van der Waals surface area (Å²) < 4.78 is 0. The van der Waals surface area contributed by atoms with Gasteiger partial charge in [-0.3, -0.25) is 14.5 Å². The second-order valence-corrected chi connectivity index (χ2v) is 10.3. The number of nitrogens with zero attached hydrogens (tertiary/aromatic N) is 1. The van der Waals surface area contributed by atoms with Gasteiger partial charge in [0.2, 0.25) is 11.8 Å². The lowest BCUT2D eigenvalue weighted by Gasteiger charge is -2.33. The number of halogens is 2. The van der Waals surface area contributed by atoms with E-state index in [1.54, 1.807) is 18.2 Å². The van der Waals surface area contributed by atoms with E-state index in [0.717, 1.165) is 49.3 Å². The maximum atomic E-state index is 12.5. The molecule has 0 radical (unpaired) electrons. The van der Waals surface area contributed by atoms with E-state index in [2.05, 4.69) is 21.6 Å². The van der Waals surface area contributed by atoms with Crippen LogP contribution in [-0.2, 0) is 22.6 Å². The minimum Gasteiger partial charge on any atom is -0.351 e. The molecule has 0 saturated carbocycles. The molecule has 0 aromatic heterocycles. The van der Waals surface area contributed by atoms with Gasteiger partial charge < -0.3 is 10.6 Å². The third-order valence-corrected chi connectivity index (χ3v) is 6.03. The summed E-state index contributed by atoms with van der Waals surface area (Å²) >= 11 is 12.1. The normalized spacial score (nSPS) is 15.4. The van der Waals surface area contributed by atoms with Crippen molar-refractivity contribution in [3.63, 3.8) is 0 Å². The fourth-order valence-corrected chi connectivity index (χ4v) is 4.35. The Morgan fingerprint density at radius 1 is 1.06 bits per heavy atom. The number of rotatable bonds is 6. The second-order valence-electron chi connectivity index (χ2n) is 9.45. The molecule has 2 amide bonds. The van der Waals surface area contributed by atoms with Gasteiger partial charge in [0.15, 0.2) is 0 Å². The van der Waals surface area contributed by atoms with Gasteiger partial charge in [-0.1, -0.05) is 41.4 Å². The van der Waals surface area contributed by atoms with Crippen LogP contribution in [0.1, 0.15) is 44.7 Å². The summed E-state index contributed by atoms with van der Waals surface area (Å²) in [5.74, 6) is 0.107. The Balaban J connectivity index is 1.51. The van der Waals surface area contributed by atoms with Crippen molar-refractivity contribution in [1.29, 1.82) is 0 Å². The first-order chi connectivity index (χ1) is 15.1. The molecule has 7 heteroatoms. The van der Waals surface area contributed by atoms with Crippen LogP contribution in [-0.4, -0.2) is 35.3 Å². The Bertz CT molecular complexity index is 964. The fraction of sp³-hybridized carbons (Fsp3) is 0.440. The summed E-state index contributed by atoms with van der Waals surface area (Å²) in [5.41, 5.74) is 2.43. The standard InChI is InChI=1S/C25H31Cl2N3O2/c1-25(2,3)29-24(32)18-9-11-30(12-10-18)16-17-5-4-6-21(13-17)28-23(31)14-19-7-8-20(26)15-22(19)27/h4-8,13,15,18H,9-12,14,16H2,1-3H3,(H,28,31)(H,29,32). The smallest absolute Gasteiger partial charge is 0.228 e. The number of hydrogen-bond donors (Lipinski definition) is 2. The maximum absolute atomic E-state index is 12.5. The molecule has 2 aromatic carbocycles. The molecule has 32 heavy (non-hydrogen) atoms. The van der Waals surface area contributed by atoms with Crippen molar-refractivity contribution in [2.45, 2.75) is 52.1 Å². The first-order valence-corrected chi connectivity index (χ1v) is 11.7. The van der Waals surface area contributed by atoms with Crippen molar-refractivity contribution < 1.29 is 9.59 Å². The average Bonchev–Trinajstić information content (AvgIpc) is 2.69. The van der Waals surface area contributed by atoms with Gasteiger partial charge in [-0.2, -0.15) is 0 Å². The summed E-state index contributed by atoms with van der Waals surface area (Å²) in [6, 6.07) is 13.0. The molecule has 172 valence electrons. The van der Waals surface area contributed by atoms with E-state index in [1.165, 1.54) is 0 Å². The number of likely N-dealkylation sites (tertiary alicyclic amines) is 1. The number of benzene rings is 2. The highest BCUT2D eigenvalue weighted by molar-refractivity contribution is 6.35. The molecule has 2 N–H and O–H groups in total. The molecule has 1 saturated heterocycles. The Labute approximate surface area is 200 Å². The minimum atomic E-state index is -0.196. The van der Waals surface area contributed by atoms with Crippen LogP contribution < -0.4 is 10.6 Å². The zero-order chi connectivity index (χ0) is 23.3. The number of piperidine rings is 1. The fourth-order valence-electron chi connectivity index (χ4n) is 3.87. The van der Waals surface area contributed by atoms with Gasteiger partial charge in [0, 0.05) is 33.7 Å². The summed E-state index contributed by atoms with van der Waals surface area (Å²) in [4.78, 5) is 27.2. The molecule has 1 heterocycles. The van der Waals surface area contributed by atoms with E-state index in [-0.39, 0.29) is 29.7 Å². The van der Waals surface area contributed by atoms with Gasteiger partial charge >= 0.3 is 0 Å². The topological polar surface area (TPSA) is 61.4 Å². The molecular formula is C25H31Cl2N3O2. The molecule has 0 atom stereocenters. The Hall–Kier alpha value is -2.08. The van der Waals surface area contributed by atoms with Crippen LogP contribution >= 0.6 is 23.2 Å². The van der Waals surface area contributed by atoms with Gasteiger partial charge in [0.1, 0.15) is 0 Å². The van der Waals surface area contributed by atoms with Crippen molar-refractivity contribution in [1.82, 2.24) is 10.2 Å². The highest BCUT2D eigenvalue weighted by Crippen LogP contribution is 2.23. The van der Waals surface area contributed by atoms with Crippen molar-refractivity contribution in [2.75, 3.05) is 18.4 Å². The largest absolute Gasteiger partial charge is 0.351 e. The van der Waals surface area contributed by atoms with Crippen LogP contribution in [0.3, 0.4) is 0 Å². The third kappa shape index (κ3) is 7.51. The van der Waals surface area contributed by atoms with Crippen LogP contribution in [0.5, 0.6) is 0 Å². The van der Waals surface area contributed by atoms with E-state index >= 15 is 0 Å². The Kier molecular flexibility index (Phi) is 8.21. The van der Waals surface area contributed by atoms with Crippen LogP contribution in [0.4, 0.5) is 5.69 Å². The first kappa shape index (κ1) is 24.6. The van der Waals surface area contributed by atoms with Crippen LogP contribution in [0, 0.1) is 5.92 Å². The first-order valence-electron chi connectivity index (χ1n) is 11.0. The number of anilines is 1. The predicted octanol–water partition coefficient (Wildman–Crippen LogP) is 5.30. The zero-order valence-electron chi connectivity index (χ0n) is 18.9. The number of amides is 2. The molecule has 3 rings (SSSR count). The Morgan fingerprint density at radius 2 is 1.78 bits per heavy atom. The maximum Gasteiger partial charge on any atom is 0.228 e. The number of nitrogens with one attached hydrogen (secondary N) is 2. The summed E-state index contributed by atoms with van der Waals surface area (Å²) in [7, 11) is 0. The van der Waals surface area contributed by atoms with Crippen LogP contribution in [0.15, 0.2) is 42.5 Å². The van der Waals surface area contributed by atoms with Gasteiger partial charge in [-0.15, -0.1) is 0 Å². The second kappa shape index (κ2) is 10.7. The van der Waals surface area contributed by atoms with Gasteiger partial charge in [-0.25, -0.2) is 0 Å². The molecule has 2 aromatic rings. The summed E-state index contributed by atoms with van der Waals surface area (Å²) in [5, 5.41) is 7.08. The number of carbonyl (C=O) groups is 2. The zero-order valence-corrected chi connectivity index (χ0v) is 20.4. The molecule has 0 bridgehead atoms. The SMILES string of the molecule is CC(C)(C)NC(=O)C1CCN(Cc2cccc(NC(=O)Cc3ccc(Cl)cc3Cl)c2)CC1. The van der Waals surface area contributed by atoms with Gasteiger partial charge in [-0.05, 0) is 82.1 Å². The van der Waals surface area contributed by atoms with Gasteiger partial charge in [0.25, 0.3) is 0 Å². The molecule has 0 unspecified atom stereocenters. The lowest BCUT2D eigenvalue weighted by atomic mass is 9.94.